The van der Waals surface area contributed by atoms with Crippen LogP contribution in [0.3, 0.4) is 0 Å². The maximum Gasteiger partial charge on any atom is 0.410 e. The summed E-state index contributed by atoms with van der Waals surface area (Å²) in [7, 11) is 0. The largest absolute Gasteiger partial charge is 0.448 e. The van der Waals surface area contributed by atoms with E-state index in [1.165, 1.54) is 0 Å². The van der Waals surface area contributed by atoms with Crippen LogP contribution in [-0.4, -0.2) is 40.4 Å². The van der Waals surface area contributed by atoms with E-state index in [-0.39, 0.29) is 12.1 Å². The van der Waals surface area contributed by atoms with Gasteiger partial charge in [0.25, 0.3) is 0 Å². The number of nitrogens with one attached hydrogen (secondary N) is 3. The topological polar surface area (TPSA) is 99.4 Å². The summed E-state index contributed by atoms with van der Waals surface area (Å²) >= 11 is 0. The number of hydrogen-bond acceptors (Lipinski definition) is 4. The second-order valence-electron chi connectivity index (χ2n) is 6.19. The van der Waals surface area contributed by atoms with E-state index < -0.39 is 0 Å². The van der Waals surface area contributed by atoms with E-state index in [0.717, 1.165) is 30.5 Å². The molecule has 3 amide bonds. The van der Waals surface area contributed by atoms with E-state index in [9.17, 15) is 9.59 Å². The first-order valence-electron chi connectivity index (χ1n) is 8.77. The van der Waals surface area contributed by atoms with Crippen molar-refractivity contribution in [2.45, 2.75) is 32.7 Å². The molecule has 3 rings (SSSR count). The van der Waals surface area contributed by atoms with E-state index in [4.69, 9.17) is 4.74 Å². The van der Waals surface area contributed by atoms with Crippen LogP contribution in [0.5, 0.6) is 0 Å². The number of hydrogen-bond donors (Lipinski definition) is 3. The van der Waals surface area contributed by atoms with Crippen LogP contribution >= 0.6 is 0 Å². The Hall–Kier alpha value is -3.03. The van der Waals surface area contributed by atoms with Gasteiger partial charge in [-0.15, -0.1) is 0 Å². The minimum absolute atomic E-state index is 0.288. The highest BCUT2D eigenvalue weighted by Crippen LogP contribution is 2.15. The summed E-state index contributed by atoms with van der Waals surface area (Å²) in [5, 5.41) is 12.5. The number of aromatic nitrogens is 2. The van der Waals surface area contributed by atoms with Crippen molar-refractivity contribution < 1.29 is 14.3 Å². The summed E-state index contributed by atoms with van der Waals surface area (Å²) < 4.78 is 4.91. The smallest absolute Gasteiger partial charge is 0.410 e. The maximum atomic E-state index is 12.1. The number of urea groups is 1. The van der Waals surface area contributed by atoms with Crippen LogP contribution in [0.15, 0.2) is 30.3 Å². The molecular formula is C18H23N5O3. The first-order chi connectivity index (χ1) is 12.6. The van der Waals surface area contributed by atoms with Gasteiger partial charge < -0.3 is 15.0 Å². The number of anilines is 2. The van der Waals surface area contributed by atoms with Gasteiger partial charge in [0.15, 0.2) is 5.82 Å². The second kappa shape index (κ2) is 8.37. The number of carbonyl (C=O) groups excluding carboxylic acids is 2. The molecule has 1 aromatic carbocycles. The standard InChI is InChI=1S/C18H23N5O3/c1-2-3-4-15-11-16(22-21-15)20-17(24)19-14-7-5-13(6-8-14)12-23-9-10-26-18(23)25/h5-8,11H,2-4,9-10,12H2,1H3,(H3,19,20,21,22,24). The number of aromatic amines is 1. The lowest BCUT2D eigenvalue weighted by molar-refractivity contribution is 0.157. The zero-order valence-electron chi connectivity index (χ0n) is 14.7. The van der Waals surface area contributed by atoms with Crippen molar-refractivity contribution in [3.63, 3.8) is 0 Å². The van der Waals surface area contributed by atoms with Crippen LogP contribution < -0.4 is 10.6 Å². The molecule has 2 heterocycles. The molecule has 0 atom stereocenters. The first kappa shape index (κ1) is 17.8. The Morgan fingerprint density at radius 2 is 2.12 bits per heavy atom. The van der Waals surface area contributed by atoms with Crippen molar-refractivity contribution >= 4 is 23.6 Å². The zero-order chi connectivity index (χ0) is 18.4. The van der Waals surface area contributed by atoms with Gasteiger partial charge in [-0.25, -0.2) is 9.59 Å². The van der Waals surface area contributed by atoms with Gasteiger partial charge in [-0.2, -0.15) is 5.10 Å². The molecule has 8 heteroatoms. The third-order valence-electron chi connectivity index (χ3n) is 4.10. The van der Waals surface area contributed by atoms with E-state index in [2.05, 4.69) is 27.8 Å². The lowest BCUT2D eigenvalue weighted by Gasteiger charge is -2.13. The van der Waals surface area contributed by atoms with Gasteiger partial charge in [-0.1, -0.05) is 25.5 Å². The molecule has 1 aliphatic rings. The summed E-state index contributed by atoms with van der Waals surface area (Å²) in [5.74, 6) is 0.498. The van der Waals surface area contributed by atoms with Crippen LogP contribution in [0.4, 0.5) is 21.1 Å². The number of unbranched alkanes of at least 4 members (excludes halogenated alkanes) is 1. The molecule has 0 radical (unpaired) electrons. The SMILES string of the molecule is CCCCc1cc(NC(=O)Nc2ccc(CN3CCOC3=O)cc2)n[nH]1. The van der Waals surface area contributed by atoms with E-state index in [0.29, 0.717) is 31.2 Å². The Labute approximate surface area is 151 Å². The number of nitrogens with zero attached hydrogens (tertiary/aromatic N) is 2. The van der Waals surface area contributed by atoms with Crippen molar-refractivity contribution in [3.05, 3.63) is 41.6 Å². The number of cyclic esters (lactones) is 1. The Kier molecular flexibility index (Phi) is 5.73. The summed E-state index contributed by atoms with van der Waals surface area (Å²) in [4.78, 5) is 25.2. The average Bonchev–Trinajstić information content (AvgIpc) is 3.24. The summed E-state index contributed by atoms with van der Waals surface area (Å²) in [5.41, 5.74) is 2.65. The van der Waals surface area contributed by atoms with Crippen LogP contribution in [0, 0.1) is 0 Å². The van der Waals surface area contributed by atoms with Gasteiger partial charge in [0.05, 0.1) is 6.54 Å². The Bertz CT molecular complexity index is 756. The molecule has 2 aromatic rings. The van der Waals surface area contributed by atoms with Gasteiger partial charge in [0.1, 0.15) is 6.61 Å². The normalized spacial score (nSPS) is 13.6. The monoisotopic (exact) mass is 357 g/mol. The molecule has 0 unspecified atom stereocenters. The Balaban J connectivity index is 1.49. The molecule has 3 N–H and O–H groups in total. The lowest BCUT2D eigenvalue weighted by atomic mass is 10.2. The van der Waals surface area contributed by atoms with Gasteiger partial charge in [-0.05, 0) is 30.5 Å². The van der Waals surface area contributed by atoms with Gasteiger partial charge in [0.2, 0.25) is 0 Å². The quantitative estimate of drug-likeness (QED) is 0.707. The molecule has 26 heavy (non-hydrogen) atoms. The summed E-state index contributed by atoms with van der Waals surface area (Å²) in [6, 6.07) is 8.83. The molecule has 1 saturated heterocycles. The highest BCUT2D eigenvalue weighted by Gasteiger charge is 2.21. The number of aryl methyl sites for hydroxylation is 1. The summed E-state index contributed by atoms with van der Waals surface area (Å²) in [6.45, 7) is 3.67. The van der Waals surface area contributed by atoms with E-state index in [1.807, 2.05) is 18.2 Å². The second-order valence-corrected chi connectivity index (χ2v) is 6.19. The van der Waals surface area contributed by atoms with Crippen molar-refractivity contribution in [3.8, 4) is 0 Å². The van der Waals surface area contributed by atoms with Crippen molar-refractivity contribution in [2.75, 3.05) is 23.8 Å². The molecule has 0 saturated carbocycles. The average molecular weight is 357 g/mol. The lowest BCUT2D eigenvalue weighted by Crippen LogP contribution is -2.23. The fraction of sp³-hybridized carbons (Fsp3) is 0.389. The first-order valence-corrected chi connectivity index (χ1v) is 8.77. The fourth-order valence-electron chi connectivity index (χ4n) is 2.68. The highest BCUT2D eigenvalue weighted by atomic mass is 16.6. The number of rotatable bonds is 7. The van der Waals surface area contributed by atoms with Crippen molar-refractivity contribution in [1.82, 2.24) is 15.1 Å². The van der Waals surface area contributed by atoms with Crippen molar-refractivity contribution in [1.29, 1.82) is 0 Å². The zero-order valence-corrected chi connectivity index (χ0v) is 14.7. The molecule has 8 nitrogen and oxygen atoms in total. The number of carbonyl (C=O) groups is 2. The number of amides is 3. The highest BCUT2D eigenvalue weighted by molar-refractivity contribution is 5.99. The predicted octanol–water partition coefficient (Wildman–Crippen LogP) is 3.35. The van der Waals surface area contributed by atoms with Crippen LogP contribution in [-0.2, 0) is 17.7 Å². The van der Waals surface area contributed by atoms with Crippen molar-refractivity contribution in [2.24, 2.45) is 0 Å². The predicted molar refractivity (Wildman–Crippen MR) is 98.0 cm³/mol. The molecule has 138 valence electrons. The Morgan fingerprint density at radius 1 is 1.31 bits per heavy atom. The van der Waals surface area contributed by atoms with Gasteiger partial charge in [-0.3, -0.25) is 10.4 Å². The molecule has 0 spiro atoms. The molecule has 0 bridgehead atoms. The minimum atomic E-state index is -0.352. The fourth-order valence-corrected chi connectivity index (χ4v) is 2.68. The summed E-state index contributed by atoms with van der Waals surface area (Å²) in [6.07, 6.45) is 2.81. The number of H-pyrrole nitrogens is 1. The third-order valence-corrected chi connectivity index (χ3v) is 4.10. The van der Waals surface area contributed by atoms with Crippen LogP contribution in [0.1, 0.15) is 31.0 Å². The number of ether oxygens (including phenoxy) is 1. The van der Waals surface area contributed by atoms with E-state index >= 15 is 0 Å². The molecule has 0 aliphatic carbocycles. The molecule has 1 fully saturated rings. The number of benzene rings is 1. The molecular weight excluding hydrogens is 334 g/mol. The van der Waals surface area contributed by atoms with Crippen LogP contribution in [0.25, 0.3) is 0 Å². The molecule has 1 aromatic heterocycles. The van der Waals surface area contributed by atoms with Gasteiger partial charge >= 0.3 is 12.1 Å². The van der Waals surface area contributed by atoms with Crippen LogP contribution in [0.2, 0.25) is 0 Å². The van der Waals surface area contributed by atoms with E-state index in [1.54, 1.807) is 17.0 Å². The maximum absolute atomic E-state index is 12.1. The molecule has 1 aliphatic heterocycles. The Morgan fingerprint density at radius 3 is 2.81 bits per heavy atom. The third kappa shape index (κ3) is 4.75. The van der Waals surface area contributed by atoms with Gasteiger partial charge in [0, 0.05) is 24.0 Å². The minimum Gasteiger partial charge on any atom is -0.448 e.